The third-order valence-electron chi connectivity index (χ3n) is 6.17. The van der Waals surface area contributed by atoms with Crippen LogP contribution in [-0.2, 0) is 18.9 Å². The molecule has 0 N–H and O–H groups in total. The van der Waals surface area contributed by atoms with Crippen molar-refractivity contribution < 1.29 is 80.4 Å². The first-order valence-corrected chi connectivity index (χ1v) is 8.50. The second-order valence-corrected chi connectivity index (χ2v) is 7.32. The Morgan fingerprint density at radius 2 is 0.706 bits per heavy atom. The van der Waals surface area contributed by atoms with Gasteiger partial charge in [0.15, 0.2) is 13.6 Å². The van der Waals surface area contributed by atoms with Crippen molar-refractivity contribution in [2.24, 2.45) is 0 Å². The van der Waals surface area contributed by atoms with Gasteiger partial charge in [-0.05, 0) is 0 Å². The fraction of sp³-hybridized carbons (Fsp3) is 0.750. The summed E-state index contributed by atoms with van der Waals surface area (Å²) in [6, 6.07) is 0. The summed E-state index contributed by atoms with van der Waals surface area (Å²) in [5.74, 6) is -44.9. The van der Waals surface area contributed by atoms with Gasteiger partial charge in [-0.2, -0.15) is 52.7 Å². The smallest absolute Gasteiger partial charge is 0.339 e. The molecule has 18 heteroatoms. The molecule has 0 atom stereocenters. The molecule has 196 valence electrons. The maximum absolute atomic E-state index is 15.3. The van der Waals surface area contributed by atoms with E-state index in [0.29, 0.717) is 0 Å². The predicted molar refractivity (Wildman–Crippen MR) is 77.3 cm³/mol. The lowest BCUT2D eigenvalue weighted by atomic mass is 9.39. The minimum absolute atomic E-state index is 0.105. The summed E-state index contributed by atoms with van der Waals surface area (Å²) in [5, 5.41) is 0. The van der Waals surface area contributed by atoms with E-state index in [9.17, 15) is 43.9 Å². The normalized spacial score (nSPS) is 43.2. The summed E-state index contributed by atoms with van der Waals surface area (Å²) >= 11 is 0. The molecule has 4 bridgehead atoms. The minimum Gasteiger partial charge on any atom is -0.476 e. The summed E-state index contributed by atoms with van der Waals surface area (Å²) in [4.78, 5) is 0. The van der Waals surface area contributed by atoms with Gasteiger partial charge in [-0.3, -0.25) is 0 Å². The molecule has 0 unspecified atom stereocenters. The molecule has 0 radical (unpaired) electrons. The Balaban J connectivity index is 2.60. The molecule has 0 aromatic carbocycles. The lowest BCUT2D eigenvalue weighted by Crippen LogP contribution is -3.10. The van der Waals surface area contributed by atoms with Crippen molar-refractivity contribution in [3.63, 3.8) is 0 Å². The first-order chi connectivity index (χ1) is 15.1. The molecule has 4 rings (SSSR count). The molecule has 0 aliphatic heterocycles. The third-order valence-corrected chi connectivity index (χ3v) is 6.17. The molecule has 4 saturated carbocycles. The average Bonchev–Trinajstić information content (AvgIpc) is 2.68. The van der Waals surface area contributed by atoms with Crippen LogP contribution < -0.4 is 0 Å². The van der Waals surface area contributed by atoms with Crippen molar-refractivity contribution in [1.29, 1.82) is 0 Å². The Morgan fingerprint density at radius 3 is 0.941 bits per heavy atom. The molecule has 34 heavy (non-hydrogen) atoms. The van der Waals surface area contributed by atoms with Gasteiger partial charge in [0.05, 0.1) is 12.5 Å². The van der Waals surface area contributed by atoms with Crippen LogP contribution in [-0.4, -0.2) is 71.7 Å². The Labute approximate surface area is 179 Å². The largest absolute Gasteiger partial charge is 0.476 e. The Morgan fingerprint density at radius 1 is 0.441 bits per heavy atom. The van der Waals surface area contributed by atoms with Crippen molar-refractivity contribution in [2.75, 3.05) is 13.6 Å². The zero-order chi connectivity index (χ0) is 26.7. The van der Waals surface area contributed by atoms with Crippen molar-refractivity contribution in [3.8, 4) is 0 Å². The first kappa shape index (κ1) is 26.6. The predicted octanol–water partition coefficient (Wildman–Crippen LogP) is 5.00. The second kappa shape index (κ2) is 6.41. The number of ether oxygens (including phenoxy) is 4. The van der Waals surface area contributed by atoms with E-state index >= 15 is 17.6 Å². The molecule has 0 spiro atoms. The van der Waals surface area contributed by atoms with E-state index in [1.54, 1.807) is 0 Å². The lowest BCUT2D eigenvalue weighted by molar-refractivity contribution is -0.633. The maximum Gasteiger partial charge on any atom is 0.339 e. The summed E-state index contributed by atoms with van der Waals surface area (Å²) in [7, 11) is 0. The lowest BCUT2D eigenvalue weighted by Gasteiger charge is -2.75. The summed E-state index contributed by atoms with van der Waals surface area (Å²) in [5.41, 5.74) is -28.5. The van der Waals surface area contributed by atoms with E-state index in [1.807, 2.05) is 0 Å². The van der Waals surface area contributed by atoms with Crippen molar-refractivity contribution in [1.82, 2.24) is 0 Å². The molecule has 0 aromatic rings. The molecular formula is C16H10F14O4. The Kier molecular flexibility index (Phi) is 5.02. The van der Waals surface area contributed by atoms with Crippen LogP contribution in [0.2, 0.25) is 0 Å². The van der Waals surface area contributed by atoms with Crippen LogP contribution >= 0.6 is 0 Å². The molecule has 0 aromatic heterocycles. The van der Waals surface area contributed by atoms with Gasteiger partial charge in [0.2, 0.25) is 0 Å². The molecule has 4 nitrogen and oxygen atoms in total. The summed E-state index contributed by atoms with van der Waals surface area (Å²) in [6.45, 7) is 0.683. The Hall–Kier alpha value is -1.98. The van der Waals surface area contributed by atoms with Crippen molar-refractivity contribution >= 4 is 0 Å². The Bertz CT molecular complexity index is 800. The molecule has 4 aliphatic carbocycles. The van der Waals surface area contributed by atoms with E-state index in [1.165, 1.54) is 0 Å². The standard InChI is InChI=1S/C16H10F14O4/c1-3-31-5-33-9-12(21,22)7(17)11(19,20)8(18,13(9,23)24)15(27,28)10(14(7,25)26,16(9,29)30)34-6-32-4-2/h3-4H,1-2,5-6H2. The van der Waals surface area contributed by atoms with Crippen LogP contribution in [0.4, 0.5) is 61.5 Å². The van der Waals surface area contributed by atoms with Crippen molar-refractivity contribution in [3.05, 3.63) is 25.7 Å². The van der Waals surface area contributed by atoms with Gasteiger partial charge < -0.3 is 18.9 Å². The van der Waals surface area contributed by atoms with Gasteiger partial charge in [0.1, 0.15) is 0 Å². The molecule has 0 amide bonds. The topological polar surface area (TPSA) is 36.9 Å². The van der Waals surface area contributed by atoms with Gasteiger partial charge in [-0.15, -0.1) is 0 Å². The highest BCUT2D eigenvalue weighted by molar-refractivity contribution is 5.54. The highest BCUT2D eigenvalue weighted by Crippen LogP contribution is 2.88. The summed E-state index contributed by atoms with van der Waals surface area (Å²) < 4.78 is 224. The highest BCUT2D eigenvalue weighted by atomic mass is 19.3. The number of hydrogen-bond acceptors (Lipinski definition) is 4. The number of alkyl halides is 14. The number of hydrogen-bond donors (Lipinski definition) is 0. The molecule has 4 fully saturated rings. The van der Waals surface area contributed by atoms with Crippen LogP contribution in [0.15, 0.2) is 25.7 Å². The van der Waals surface area contributed by atoms with E-state index in [-0.39, 0.29) is 12.5 Å². The zero-order valence-corrected chi connectivity index (χ0v) is 15.9. The van der Waals surface area contributed by atoms with Gasteiger partial charge in [-0.25, -0.2) is 8.78 Å². The third kappa shape index (κ3) is 1.82. The highest BCUT2D eigenvalue weighted by Gasteiger charge is 3.23. The monoisotopic (exact) mass is 532 g/mol. The second-order valence-electron chi connectivity index (χ2n) is 7.32. The fourth-order valence-electron chi connectivity index (χ4n) is 4.71. The van der Waals surface area contributed by atoms with Crippen LogP contribution in [0, 0.1) is 0 Å². The van der Waals surface area contributed by atoms with E-state index in [0.717, 1.165) is 0 Å². The van der Waals surface area contributed by atoms with E-state index in [2.05, 4.69) is 32.1 Å². The van der Waals surface area contributed by atoms with E-state index in [4.69, 9.17) is 0 Å². The van der Waals surface area contributed by atoms with Gasteiger partial charge in [0, 0.05) is 0 Å². The quantitative estimate of drug-likeness (QED) is 0.191. The van der Waals surface area contributed by atoms with Gasteiger partial charge in [-0.1, -0.05) is 13.2 Å². The maximum atomic E-state index is 15.3. The number of halogens is 14. The van der Waals surface area contributed by atoms with Crippen LogP contribution in [0.25, 0.3) is 0 Å². The molecule has 0 heterocycles. The van der Waals surface area contributed by atoms with Crippen LogP contribution in [0.5, 0.6) is 0 Å². The van der Waals surface area contributed by atoms with Crippen LogP contribution in [0.1, 0.15) is 0 Å². The van der Waals surface area contributed by atoms with Crippen molar-refractivity contribution in [2.45, 2.75) is 58.1 Å². The first-order valence-electron chi connectivity index (χ1n) is 8.50. The number of rotatable bonds is 8. The molecular weight excluding hydrogens is 522 g/mol. The molecule has 4 aliphatic rings. The average molecular weight is 532 g/mol. The van der Waals surface area contributed by atoms with Crippen LogP contribution in [0.3, 0.4) is 0 Å². The van der Waals surface area contributed by atoms with Gasteiger partial charge in [0.25, 0.3) is 11.2 Å². The molecule has 0 saturated heterocycles. The summed E-state index contributed by atoms with van der Waals surface area (Å²) in [6.07, 6.45) is 0.209. The fourth-order valence-corrected chi connectivity index (χ4v) is 4.71. The SMILES string of the molecule is C=COCOC12C(F)(F)C3(F)C(F)(F)C(F)(C1(F)F)C(F)(F)C(OCOC=C)(C3(F)F)C2(F)F. The van der Waals surface area contributed by atoms with E-state index < -0.39 is 71.7 Å². The van der Waals surface area contributed by atoms with Gasteiger partial charge >= 0.3 is 46.9 Å². The zero-order valence-electron chi connectivity index (χ0n) is 15.9. The minimum atomic E-state index is -7.73.